The van der Waals surface area contributed by atoms with Crippen molar-refractivity contribution in [3.05, 3.63) is 88.5 Å². The minimum Gasteiger partial charge on any atom is -0.455 e. The SMILES string of the molecule is Cc1cc(NC(=O)c2ccc(Sc3nncn3C)c([N+](=O)[O-])c2)ccc1Oc1cccnc1. The molecule has 0 radical (unpaired) electrons. The summed E-state index contributed by atoms with van der Waals surface area (Å²) in [6.07, 6.45) is 4.77. The molecule has 11 heteroatoms. The third-order valence-corrected chi connectivity index (χ3v) is 5.70. The number of ether oxygens (including phenoxy) is 1. The van der Waals surface area contributed by atoms with E-state index in [-0.39, 0.29) is 11.3 Å². The van der Waals surface area contributed by atoms with Crippen LogP contribution in [0, 0.1) is 17.0 Å². The van der Waals surface area contributed by atoms with Crippen LogP contribution in [-0.2, 0) is 7.05 Å². The van der Waals surface area contributed by atoms with E-state index in [1.54, 1.807) is 54.3 Å². The molecule has 2 aromatic heterocycles. The molecular formula is C22H18N6O4S. The van der Waals surface area contributed by atoms with E-state index in [2.05, 4.69) is 20.5 Å². The largest absolute Gasteiger partial charge is 0.455 e. The minimum absolute atomic E-state index is 0.164. The molecule has 1 N–H and O–H groups in total. The molecule has 2 aromatic carbocycles. The van der Waals surface area contributed by atoms with Crippen LogP contribution < -0.4 is 10.1 Å². The molecule has 10 nitrogen and oxygen atoms in total. The van der Waals surface area contributed by atoms with Crippen molar-refractivity contribution < 1.29 is 14.5 Å². The van der Waals surface area contributed by atoms with Gasteiger partial charge in [0.2, 0.25) is 0 Å². The number of nitro groups is 1. The van der Waals surface area contributed by atoms with E-state index in [9.17, 15) is 14.9 Å². The molecule has 0 aliphatic carbocycles. The summed E-state index contributed by atoms with van der Waals surface area (Å²) in [5.74, 6) is 0.763. The first kappa shape index (κ1) is 22.0. The number of carbonyl (C=O) groups excluding carboxylic acids is 1. The highest BCUT2D eigenvalue weighted by molar-refractivity contribution is 7.99. The number of rotatable bonds is 7. The van der Waals surface area contributed by atoms with Gasteiger partial charge in [-0.25, -0.2) is 0 Å². The van der Waals surface area contributed by atoms with E-state index in [4.69, 9.17) is 4.74 Å². The number of anilines is 1. The lowest BCUT2D eigenvalue weighted by molar-refractivity contribution is -0.387. The molecule has 0 aliphatic rings. The maximum Gasteiger partial charge on any atom is 0.284 e. The first-order valence-electron chi connectivity index (χ1n) is 9.71. The van der Waals surface area contributed by atoms with Crippen molar-refractivity contribution in [3.8, 4) is 11.5 Å². The standard InChI is InChI=1S/C22H18N6O4S/c1-14-10-16(6-7-19(14)32-17-4-3-9-23-12-17)25-21(29)15-5-8-20(18(11-15)28(30)31)33-22-26-24-13-27(22)2/h3-13H,1-2H3,(H,25,29). The second-order valence-electron chi connectivity index (χ2n) is 6.99. The lowest BCUT2D eigenvalue weighted by atomic mass is 10.1. The smallest absolute Gasteiger partial charge is 0.284 e. The molecule has 0 spiro atoms. The number of nitro benzene ring substituents is 1. The maximum absolute atomic E-state index is 12.8. The number of aryl methyl sites for hydroxylation is 2. The highest BCUT2D eigenvalue weighted by Gasteiger charge is 2.20. The van der Waals surface area contributed by atoms with Crippen LogP contribution in [0.1, 0.15) is 15.9 Å². The van der Waals surface area contributed by atoms with Gasteiger partial charge in [0.05, 0.1) is 16.0 Å². The normalized spacial score (nSPS) is 10.6. The molecule has 2 heterocycles. The summed E-state index contributed by atoms with van der Waals surface area (Å²) >= 11 is 1.10. The van der Waals surface area contributed by atoms with Gasteiger partial charge < -0.3 is 14.6 Å². The Morgan fingerprint density at radius 2 is 2.06 bits per heavy atom. The van der Waals surface area contributed by atoms with Crippen LogP contribution in [0.5, 0.6) is 11.5 Å². The van der Waals surface area contributed by atoms with Gasteiger partial charge in [0.1, 0.15) is 17.8 Å². The van der Waals surface area contributed by atoms with Crippen molar-refractivity contribution in [1.82, 2.24) is 19.7 Å². The topological polar surface area (TPSA) is 125 Å². The van der Waals surface area contributed by atoms with Gasteiger partial charge in [-0.2, -0.15) is 0 Å². The van der Waals surface area contributed by atoms with Crippen LogP contribution in [0.2, 0.25) is 0 Å². The van der Waals surface area contributed by atoms with Crippen molar-refractivity contribution in [2.45, 2.75) is 17.0 Å². The zero-order valence-electron chi connectivity index (χ0n) is 17.6. The Bertz CT molecular complexity index is 1330. The summed E-state index contributed by atoms with van der Waals surface area (Å²) in [6, 6.07) is 13.1. The maximum atomic E-state index is 12.8. The van der Waals surface area contributed by atoms with Crippen LogP contribution >= 0.6 is 11.8 Å². The quantitative estimate of drug-likeness (QED) is 0.311. The number of amides is 1. The molecule has 0 bridgehead atoms. The van der Waals surface area contributed by atoms with Crippen molar-refractivity contribution in [1.29, 1.82) is 0 Å². The summed E-state index contributed by atoms with van der Waals surface area (Å²) in [4.78, 5) is 28.2. The zero-order chi connectivity index (χ0) is 23.4. The Kier molecular flexibility index (Phi) is 6.31. The van der Waals surface area contributed by atoms with Crippen molar-refractivity contribution in [2.75, 3.05) is 5.32 Å². The molecule has 33 heavy (non-hydrogen) atoms. The van der Waals surface area contributed by atoms with Crippen LogP contribution in [0.25, 0.3) is 0 Å². The van der Waals surface area contributed by atoms with Gasteiger partial charge in [-0.3, -0.25) is 19.9 Å². The third-order valence-electron chi connectivity index (χ3n) is 4.58. The highest BCUT2D eigenvalue weighted by Crippen LogP contribution is 2.34. The van der Waals surface area contributed by atoms with Crippen LogP contribution in [0.3, 0.4) is 0 Å². The first-order valence-corrected chi connectivity index (χ1v) is 10.5. The number of hydrogen-bond donors (Lipinski definition) is 1. The van der Waals surface area contributed by atoms with Crippen LogP contribution in [0.4, 0.5) is 11.4 Å². The molecule has 0 saturated carbocycles. The van der Waals surface area contributed by atoms with Gasteiger partial charge in [0.15, 0.2) is 5.16 Å². The monoisotopic (exact) mass is 462 g/mol. The number of nitrogens with one attached hydrogen (secondary N) is 1. The van der Waals surface area contributed by atoms with E-state index in [1.165, 1.54) is 24.5 Å². The average Bonchev–Trinajstić information content (AvgIpc) is 3.20. The molecule has 1 amide bonds. The van der Waals surface area contributed by atoms with Crippen LogP contribution in [0.15, 0.2) is 77.3 Å². The second kappa shape index (κ2) is 9.49. The Morgan fingerprint density at radius 1 is 1.21 bits per heavy atom. The van der Waals surface area contributed by atoms with E-state index >= 15 is 0 Å². The molecule has 166 valence electrons. The fourth-order valence-electron chi connectivity index (χ4n) is 2.93. The lowest BCUT2D eigenvalue weighted by Crippen LogP contribution is -2.12. The van der Waals surface area contributed by atoms with Crippen molar-refractivity contribution >= 4 is 29.0 Å². The highest BCUT2D eigenvalue weighted by atomic mass is 32.2. The molecule has 0 fully saturated rings. The average molecular weight is 462 g/mol. The summed E-state index contributed by atoms with van der Waals surface area (Å²) < 4.78 is 7.45. The van der Waals surface area contributed by atoms with Crippen molar-refractivity contribution in [2.24, 2.45) is 7.05 Å². The molecule has 0 saturated heterocycles. The summed E-state index contributed by atoms with van der Waals surface area (Å²) in [5.41, 5.74) is 1.32. The van der Waals surface area contributed by atoms with Gasteiger partial charge in [-0.1, -0.05) is 0 Å². The lowest BCUT2D eigenvalue weighted by Gasteiger charge is -2.11. The predicted molar refractivity (Wildman–Crippen MR) is 122 cm³/mol. The fourth-order valence-corrected chi connectivity index (χ4v) is 3.78. The molecular weight excluding hydrogens is 444 g/mol. The molecule has 0 atom stereocenters. The number of pyridine rings is 1. The number of hydrogen-bond acceptors (Lipinski definition) is 8. The first-order chi connectivity index (χ1) is 15.9. The Labute approximate surface area is 192 Å². The van der Waals surface area contributed by atoms with E-state index in [0.29, 0.717) is 27.2 Å². The van der Waals surface area contributed by atoms with Gasteiger partial charge >= 0.3 is 0 Å². The van der Waals surface area contributed by atoms with Gasteiger partial charge in [-0.15, -0.1) is 10.2 Å². The van der Waals surface area contributed by atoms with E-state index < -0.39 is 10.8 Å². The fraction of sp³-hybridized carbons (Fsp3) is 0.0909. The predicted octanol–water partition coefficient (Wildman–Crippen LogP) is 4.62. The summed E-state index contributed by atoms with van der Waals surface area (Å²) in [7, 11) is 1.74. The summed E-state index contributed by atoms with van der Waals surface area (Å²) in [6.45, 7) is 1.85. The van der Waals surface area contributed by atoms with Gasteiger partial charge in [0.25, 0.3) is 11.6 Å². The number of aromatic nitrogens is 4. The number of carbonyl (C=O) groups is 1. The Balaban J connectivity index is 1.51. The zero-order valence-corrected chi connectivity index (χ0v) is 18.4. The molecule has 0 unspecified atom stereocenters. The van der Waals surface area contributed by atoms with E-state index in [0.717, 1.165) is 17.3 Å². The van der Waals surface area contributed by atoms with Gasteiger partial charge in [-0.05, 0) is 66.7 Å². The Morgan fingerprint density at radius 3 is 2.73 bits per heavy atom. The van der Waals surface area contributed by atoms with Crippen LogP contribution in [-0.4, -0.2) is 30.6 Å². The molecule has 0 aliphatic heterocycles. The number of benzene rings is 2. The molecule has 4 aromatic rings. The Hall–Kier alpha value is -4.25. The van der Waals surface area contributed by atoms with E-state index in [1.807, 2.05) is 6.92 Å². The summed E-state index contributed by atoms with van der Waals surface area (Å²) in [5, 5.41) is 22.6. The minimum atomic E-state index is -0.524. The van der Waals surface area contributed by atoms with Crippen molar-refractivity contribution in [3.63, 3.8) is 0 Å². The molecule has 4 rings (SSSR count). The second-order valence-corrected chi connectivity index (χ2v) is 8.00. The third kappa shape index (κ3) is 5.15. The van der Waals surface area contributed by atoms with Gasteiger partial charge in [0, 0.05) is 30.6 Å². The number of nitrogens with zero attached hydrogens (tertiary/aromatic N) is 5.